The molecular formula is C18H20BrIN4. The van der Waals surface area contributed by atoms with E-state index in [9.17, 15) is 0 Å². The quantitative estimate of drug-likeness (QED) is 0.374. The van der Waals surface area contributed by atoms with Crippen LogP contribution in [-0.4, -0.2) is 13.0 Å². The van der Waals surface area contributed by atoms with Crippen molar-refractivity contribution in [3.8, 4) is 6.07 Å². The largest absolute Gasteiger partial charge is 0.352 e. The highest BCUT2D eigenvalue weighted by molar-refractivity contribution is 14.0. The third kappa shape index (κ3) is 5.80. The average molecular weight is 499 g/mol. The Bertz CT molecular complexity index is 723. The zero-order valence-electron chi connectivity index (χ0n) is 13.6. The Labute approximate surface area is 168 Å². The summed E-state index contributed by atoms with van der Waals surface area (Å²) in [5.41, 5.74) is 2.94. The molecule has 1 unspecified atom stereocenters. The van der Waals surface area contributed by atoms with Gasteiger partial charge in [-0.3, -0.25) is 4.99 Å². The van der Waals surface area contributed by atoms with Crippen molar-refractivity contribution in [1.29, 1.82) is 5.26 Å². The van der Waals surface area contributed by atoms with Crippen LogP contribution >= 0.6 is 39.9 Å². The van der Waals surface area contributed by atoms with E-state index in [1.807, 2.05) is 42.5 Å². The lowest BCUT2D eigenvalue weighted by atomic mass is 10.1. The first-order valence-corrected chi connectivity index (χ1v) is 8.14. The number of hydrogen-bond donors (Lipinski definition) is 2. The van der Waals surface area contributed by atoms with Gasteiger partial charge in [0.25, 0.3) is 0 Å². The average Bonchev–Trinajstić information content (AvgIpc) is 2.59. The molecule has 2 aromatic carbocycles. The van der Waals surface area contributed by atoms with Crippen molar-refractivity contribution in [3.05, 3.63) is 69.7 Å². The highest BCUT2D eigenvalue weighted by atomic mass is 127. The Morgan fingerprint density at radius 3 is 2.46 bits per heavy atom. The number of guanidine groups is 1. The maximum Gasteiger partial charge on any atom is 0.191 e. The number of hydrogen-bond acceptors (Lipinski definition) is 2. The van der Waals surface area contributed by atoms with E-state index in [1.165, 1.54) is 5.56 Å². The van der Waals surface area contributed by atoms with Crippen LogP contribution in [0.2, 0.25) is 0 Å². The molecule has 0 fully saturated rings. The van der Waals surface area contributed by atoms with E-state index in [4.69, 9.17) is 5.26 Å². The summed E-state index contributed by atoms with van der Waals surface area (Å²) >= 11 is 3.57. The fraction of sp³-hybridized carbons (Fsp3) is 0.222. The molecule has 0 aromatic heterocycles. The molecular weight excluding hydrogens is 479 g/mol. The molecule has 1 atom stereocenters. The normalized spacial score (nSPS) is 11.8. The van der Waals surface area contributed by atoms with Crippen molar-refractivity contribution in [1.82, 2.24) is 10.6 Å². The third-order valence-corrected chi connectivity index (χ3v) is 4.21. The van der Waals surface area contributed by atoms with Crippen LogP contribution in [0.15, 0.2) is 58.0 Å². The summed E-state index contributed by atoms with van der Waals surface area (Å²) in [5, 5.41) is 15.5. The van der Waals surface area contributed by atoms with Gasteiger partial charge in [-0.05, 0) is 36.2 Å². The lowest BCUT2D eigenvalue weighted by Gasteiger charge is -2.19. The van der Waals surface area contributed by atoms with Crippen LogP contribution in [0.5, 0.6) is 0 Å². The number of aliphatic imine (C=N–C) groups is 1. The predicted octanol–water partition coefficient (Wildman–Crippen LogP) is 4.36. The Hall–Kier alpha value is -1.59. The lowest BCUT2D eigenvalue weighted by molar-refractivity contribution is 0.682. The van der Waals surface area contributed by atoms with Gasteiger partial charge in [0.05, 0.1) is 17.7 Å². The number of benzene rings is 2. The van der Waals surface area contributed by atoms with Gasteiger partial charge in [0.15, 0.2) is 5.96 Å². The van der Waals surface area contributed by atoms with Crippen LogP contribution in [0.1, 0.15) is 29.7 Å². The predicted molar refractivity (Wildman–Crippen MR) is 112 cm³/mol. The molecule has 4 nitrogen and oxygen atoms in total. The van der Waals surface area contributed by atoms with Crippen LogP contribution < -0.4 is 10.6 Å². The van der Waals surface area contributed by atoms with Gasteiger partial charge in [-0.15, -0.1) is 24.0 Å². The Morgan fingerprint density at radius 2 is 1.88 bits per heavy atom. The van der Waals surface area contributed by atoms with Crippen molar-refractivity contribution >= 4 is 45.9 Å². The first-order valence-electron chi connectivity index (χ1n) is 7.34. The smallest absolute Gasteiger partial charge is 0.191 e. The number of rotatable bonds is 4. The van der Waals surface area contributed by atoms with Crippen molar-refractivity contribution in [2.24, 2.45) is 4.99 Å². The van der Waals surface area contributed by atoms with Gasteiger partial charge in [0.1, 0.15) is 0 Å². The molecule has 2 rings (SSSR count). The third-order valence-electron chi connectivity index (χ3n) is 3.49. The molecule has 6 heteroatoms. The molecule has 0 heterocycles. The minimum Gasteiger partial charge on any atom is -0.352 e. The molecule has 2 N–H and O–H groups in total. The molecule has 0 bridgehead atoms. The van der Waals surface area contributed by atoms with Crippen molar-refractivity contribution < 1.29 is 0 Å². The van der Waals surface area contributed by atoms with Crippen molar-refractivity contribution in [3.63, 3.8) is 0 Å². The van der Waals surface area contributed by atoms with Crippen LogP contribution in [0.4, 0.5) is 0 Å². The first kappa shape index (κ1) is 20.5. The highest BCUT2D eigenvalue weighted by Crippen LogP contribution is 2.22. The van der Waals surface area contributed by atoms with Crippen LogP contribution in [0.25, 0.3) is 0 Å². The van der Waals surface area contributed by atoms with Crippen LogP contribution in [0, 0.1) is 11.3 Å². The maximum atomic E-state index is 8.82. The van der Waals surface area contributed by atoms with Gasteiger partial charge in [-0.1, -0.05) is 46.3 Å². The van der Waals surface area contributed by atoms with E-state index in [2.05, 4.69) is 50.6 Å². The second kappa shape index (κ2) is 10.3. The van der Waals surface area contributed by atoms with Gasteiger partial charge in [-0.25, -0.2) is 0 Å². The van der Waals surface area contributed by atoms with Crippen LogP contribution in [-0.2, 0) is 6.54 Å². The fourth-order valence-corrected chi connectivity index (χ4v) is 2.81. The summed E-state index contributed by atoms with van der Waals surface area (Å²) in [6.07, 6.45) is 0. The summed E-state index contributed by atoms with van der Waals surface area (Å²) < 4.78 is 1.07. The van der Waals surface area contributed by atoms with E-state index in [-0.39, 0.29) is 30.0 Å². The fourth-order valence-electron chi connectivity index (χ4n) is 2.19. The van der Waals surface area contributed by atoms with E-state index in [0.29, 0.717) is 12.1 Å². The summed E-state index contributed by atoms with van der Waals surface area (Å²) in [6.45, 7) is 2.74. The first-order chi connectivity index (χ1) is 11.1. The molecule has 126 valence electrons. The maximum absolute atomic E-state index is 8.82. The monoisotopic (exact) mass is 498 g/mol. The number of nitriles is 1. The Balaban J connectivity index is 0.00000288. The number of nitrogens with one attached hydrogen (secondary N) is 2. The highest BCUT2D eigenvalue weighted by Gasteiger charge is 2.10. The molecule has 0 aliphatic rings. The zero-order chi connectivity index (χ0) is 16.7. The Morgan fingerprint density at radius 1 is 1.21 bits per heavy atom. The number of nitrogens with zero attached hydrogens (tertiary/aromatic N) is 2. The summed E-state index contributed by atoms with van der Waals surface area (Å²) in [5.74, 6) is 0.734. The van der Waals surface area contributed by atoms with E-state index < -0.39 is 0 Å². The molecule has 0 aliphatic carbocycles. The molecule has 0 radical (unpaired) electrons. The molecule has 0 saturated carbocycles. The summed E-state index contributed by atoms with van der Waals surface area (Å²) in [7, 11) is 1.75. The van der Waals surface area contributed by atoms with Gasteiger partial charge < -0.3 is 10.6 Å². The molecule has 2 aromatic rings. The van der Waals surface area contributed by atoms with Gasteiger partial charge in [0, 0.05) is 18.1 Å². The molecule has 0 amide bonds. The second-order valence-electron chi connectivity index (χ2n) is 5.12. The van der Waals surface area contributed by atoms with Crippen molar-refractivity contribution in [2.45, 2.75) is 19.5 Å². The summed E-state index contributed by atoms with van der Waals surface area (Å²) in [4.78, 5) is 4.26. The van der Waals surface area contributed by atoms with Gasteiger partial charge >= 0.3 is 0 Å². The number of halogens is 2. The molecule has 24 heavy (non-hydrogen) atoms. The second-order valence-corrected chi connectivity index (χ2v) is 5.98. The van der Waals surface area contributed by atoms with Gasteiger partial charge in [0.2, 0.25) is 0 Å². The lowest BCUT2D eigenvalue weighted by Crippen LogP contribution is -2.38. The SMILES string of the molecule is CN=C(NCc1ccc(C#N)cc1)NC(C)c1ccccc1Br.I. The molecule has 0 spiro atoms. The molecule has 0 aliphatic heterocycles. The minimum absolute atomic E-state index is 0. The van der Waals surface area contributed by atoms with Gasteiger partial charge in [-0.2, -0.15) is 5.26 Å². The molecule has 0 saturated heterocycles. The Kier molecular flexibility index (Phi) is 8.79. The zero-order valence-corrected chi connectivity index (χ0v) is 17.5. The topological polar surface area (TPSA) is 60.2 Å². The van der Waals surface area contributed by atoms with Crippen LogP contribution in [0.3, 0.4) is 0 Å². The van der Waals surface area contributed by atoms with E-state index >= 15 is 0 Å². The minimum atomic E-state index is 0. The standard InChI is InChI=1S/C18H19BrN4.HI/c1-13(16-5-3-4-6-17(16)19)23-18(21-2)22-12-15-9-7-14(11-20)8-10-15;/h3-10,13H,12H2,1-2H3,(H2,21,22,23);1H. The van der Waals surface area contributed by atoms with E-state index in [0.717, 1.165) is 16.0 Å². The summed E-state index contributed by atoms with van der Waals surface area (Å²) in [6, 6.07) is 17.9. The van der Waals surface area contributed by atoms with Crippen molar-refractivity contribution in [2.75, 3.05) is 7.05 Å². The van der Waals surface area contributed by atoms with E-state index in [1.54, 1.807) is 7.05 Å².